The van der Waals surface area contributed by atoms with Crippen molar-refractivity contribution < 1.29 is 26.8 Å². The Kier molecular flexibility index (Phi) is 11.6. The van der Waals surface area contributed by atoms with Gasteiger partial charge in [-0.2, -0.15) is 0 Å². The van der Waals surface area contributed by atoms with Crippen molar-refractivity contribution in [2.45, 2.75) is 76.9 Å². The third kappa shape index (κ3) is 8.78. The molecule has 0 saturated heterocycles. The lowest BCUT2D eigenvalue weighted by atomic mass is 9.95. The highest BCUT2D eigenvalue weighted by atomic mass is 35.5. The van der Waals surface area contributed by atoms with E-state index in [1.165, 1.54) is 11.0 Å². The molecule has 3 rings (SSSR count). The summed E-state index contributed by atoms with van der Waals surface area (Å²) in [6.45, 7) is 1.79. The first-order valence-electron chi connectivity index (χ1n) is 13.4. The standard InChI is InChI=1S/C28H35Cl2F2N3O4S/c1-3-26(28(37)33-20-8-5-4-6-9-20)34(18-19-11-13-22(29)23(30)16-19)27(36)10-7-15-35(40(2,38)39)21-12-14-24(31)25(32)17-21/h11-14,16-17,20,26H,3-10,15,18H2,1-2H3,(H,33,37)/t26-/m1/s1. The van der Waals surface area contributed by atoms with Gasteiger partial charge in [-0.15, -0.1) is 0 Å². The SMILES string of the molecule is CC[C@H](C(=O)NC1CCCCC1)N(Cc1ccc(Cl)c(Cl)c1)C(=O)CCCN(c1ccc(F)c(F)c1)S(C)(=O)=O. The maximum atomic E-state index is 13.8. The van der Waals surface area contributed by atoms with Gasteiger partial charge in [0.1, 0.15) is 6.04 Å². The molecule has 1 N–H and O–H groups in total. The van der Waals surface area contributed by atoms with Gasteiger partial charge in [-0.3, -0.25) is 13.9 Å². The van der Waals surface area contributed by atoms with Crippen LogP contribution in [0, 0.1) is 11.6 Å². The molecule has 2 amide bonds. The molecule has 2 aromatic rings. The van der Waals surface area contributed by atoms with Crippen molar-refractivity contribution in [2.24, 2.45) is 0 Å². The Morgan fingerprint density at radius 1 is 1.02 bits per heavy atom. The average molecular weight is 619 g/mol. The Labute approximate surface area is 244 Å². The van der Waals surface area contributed by atoms with E-state index in [4.69, 9.17) is 23.2 Å². The molecule has 7 nitrogen and oxygen atoms in total. The normalized spacial score (nSPS) is 14.9. The highest BCUT2D eigenvalue weighted by molar-refractivity contribution is 7.92. The van der Waals surface area contributed by atoms with E-state index < -0.39 is 27.7 Å². The molecule has 1 fully saturated rings. The number of benzene rings is 2. The van der Waals surface area contributed by atoms with Gasteiger partial charge in [-0.25, -0.2) is 17.2 Å². The molecule has 0 bridgehead atoms. The van der Waals surface area contributed by atoms with Gasteiger partial charge in [-0.1, -0.05) is 55.5 Å². The second-order valence-electron chi connectivity index (χ2n) is 10.1. The number of amides is 2. The lowest BCUT2D eigenvalue weighted by molar-refractivity contribution is -0.141. The van der Waals surface area contributed by atoms with Crippen molar-refractivity contribution >= 4 is 50.7 Å². The zero-order valence-electron chi connectivity index (χ0n) is 22.6. The van der Waals surface area contributed by atoms with Crippen LogP contribution in [0.5, 0.6) is 0 Å². The van der Waals surface area contributed by atoms with E-state index in [2.05, 4.69) is 5.32 Å². The van der Waals surface area contributed by atoms with E-state index in [1.54, 1.807) is 18.2 Å². The monoisotopic (exact) mass is 617 g/mol. The number of carbonyl (C=O) groups is 2. The van der Waals surface area contributed by atoms with Crippen LogP contribution in [0.3, 0.4) is 0 Å². The highest BCUT2D eigenvalue weighted by Gasteiger charge is 2.30. The van der Waals surface area contributed by atoms with Crippen molar-refractivity contribution in [3.05, 3.63) is 63.6 Å². The minimum atomic E-state index is -3.85. The molecule has 220 valence electrons. The second kappa shape index (κ2) is 14.5. The molecular formula is C28H35Cl2F2N3O4S. The van der Waals surface area contributed by atoms with E-state index in [-0.39, 0.29) is 49.5 Å². The quantitative estimate of drug-likeness (QED) is 0.313. The smallest absolute Gasteiger partial charge is 0.243 e. The van der Waals surface area contributed by atoms with Crippen molar-refractivity contribution in [1.82, 2.24) is 10.2 Å². The Balaban J connectivity index is 1.79. The number of anilines is 1. The molecule has 0 unspecified atom stereocenters. The molecule has 40 heavy (non-hydrogen) atoms. The van der Waals surface area contributed by atoms with Crippen LogP contribution in [0.1, 0.15) is 63.9 Å². The number of halogens is 4. The molecule has 0 heterocycles. The Morgan fingerprint density at radius 2 is 1.73 bits per heavy atom. The van der Waals surface area contributed by atoms with Gasteiger partial charge in [0.2, 0.25) is 21.8 Å². The van der Waals surface area contributed by atoms with Crippen LogP contribution >= 0.6 is 23.2 Å². The van der Waals surface area contributed by atoms with Gasteiger partial charge in [0, 0.05) is 31.6 Å². The Hall–Kier alpha value is -2.43. The summed E-state index contributed by atoms with van der Waals surface area (Å²) in [4.78, 5) is 28.4. The number of hydrogen-bond donors (Lipinski definition) is 1. The molecule has 0 spiro atoms. The lowest BCUT2D eigenvalue weighted by Crippen LogP contribution is -2.51. The van der Waals surface area contributed by atoms with E-state index >= 15 is 0 Å². The zero-order chi connectivity index (χ0) is 29.4. The summed E-state index contributed by atoms with van der Waals surface area (Å²) >= 11 is 12.3. The second-order valence-corrected chi connectivity index (χ2v) is 12.8. The molecule has 0 aliphatic heterocycles. The lowest BCUT2D eigenvalue weighted by Gasteiger charge is -2.33. The summed E-state index contributed by atoms with van der Waals surface area (Å²) in [5, 5.41) is 3.79. The summed E-state index contributed by atoms with van der Waals surface area (Å²) in [7, 11) is -3.85. The molecule has 2 aromatic carbocycles. The van der Waals surface area contributed by atoms with Crippen molar-refractivity contribution in [3.8, 4) is 0 Å². The van der Waals surface area contributed by atoms with E-state index in [1.807, 2.05) is 6.92 Å². The minimum Gasteiger partial charge on any atom is -0.352 e. The fraction of sp³-hybridized carbons (Fsp3) is 0.500. The highest BCUT2D eigenvalue weighted by Crippen LogP contribution is 2.26. The first-order valence-corrected chi connectivity index (χ1v) is 16.0. The number of hydrogen-bond acceptors (Lipinski definition) is 4. The van der Waals surface area contributed by atoms with Gasteiger partial charge in [0.15, 0.2) is 11.6 Å². The molecule has 1 aliphatic carbocycles. The van der Waals surface area contributed by atoms with Gasteiger partial charge >= 0.3 is 0 Å². The van der Waals surface area contributed by atoms with Crippen molar-refractivity contribution in [3.63, 3.8) is 0 Å². The zero-order valence-corrected chi connectivity index (χ0v) is 25.0. The molecule has 0 aromatic heterocycles. The fourth-order valence-electron chi connectivity index (χ4n) is 4.94. The first-order chi connectivity index (χ1) is 18.9. The molecule has 0 radical (unpaired) electrons. The van der Waals surface area contributed by atoms with Gasteiger partial charge in [0.25, 0.3) is 0 Å². The van der Waals surface area contributed by atoms with Gasteiger partial charge in [0.05, 0.1) is 22.0 Å². The number of nitrogens with zero attached hydrogens (tertiary/aromatic N) is 2. The minimum absolute atomic E-state index is 0.0418. The van der Waals surface area contributed by atoms with Crippen LogP contribution in [0.15, 0.2) is 36.4 Å². The number of carbonyl (C=O) groups excluding carboxylic acids is 2. The van der Waals surface area contributed by atoms with E-state index in [0.717, 1.165) is 54.8 Å². The fourth-order valence-corrected chi connectivity index (χ4v) is 6.22. The van der Waals surface area contributed by atoms with Crippen LogP contribution in [0.25, 0.3) is 0 Å². The van der Waals surface area contributed by atoms with E-state index in [9.17, 15) is 26.8 Å². The summed E-state index contributed by atoms with van der Waals surface area (Å²) in [5.74, 6) is -2.86. The predicted molar refractivity (Wildman–Crippen MR) is 154 cm³/mol. The molecular weight excluding hydrogens is 583 g/mol. The van der Waals surface area contributed by atoms with E-state index in [0.29, 0.717) is 22.0 Å². The Morgan fingerprint density at radius 3 is 2.33 bits per heavy atom. The maximum absolute atomic E-state index is 13.8. The van der Waals surface area contributed by atoms with Crippen LogP contribution in [0.4, 0.5) is 14.5 Å². The summed E-state index contributed by atoms with van der Waals surface area (Å²) in [5.41, 5.74) is 0.644. The van der Waals surface area contributed by atoms with Crippen molar-refractivity contribution in [1.29, 1.82) is 0 Å². The van der Waals surface area contributed by atoms with Crippen LogP contribution in [0.2, 0.25) is 10.0 Å². The topological polar surface area (TPSA) is 86.8 Å². The summed E-state index contributed by atoms with van der Waals surface area (Å²) < 4.78 is 53.0. The summed E-state index contributed by atoms with van der Waals surface area (Å²) in [6.07, 6.45) is 6.35. The van der Waals surface area contributed by atoms with Crippen LogP contribution in [-0.4, -0.2) is 50.0 Å². The molecule has 1 atom stereocenters. The van der Waals surface area contributed by atoms with Gasteiger partial charge < -0.3 is 10.2 Å². The predicted octanol–water partition coefficient (Wildman–Crippen LogP) is 6.07. The molecule has 1 aliphatic rings. The first kappa shape index (κ1) is 32.1. The summed E-state index contributed by atoms with van der Waals surface area (Å²) in [6, 6.07) is 7.13. The number of sulfonamides is 1. The van der Waals surface area contributed by atoms with Crippen LogP contribution in [-0.2, 0) is 26.2 Å². The maximum Gasteiger partial charge on any atom is 0.243 e. The van der Waals surface area contributed by atoms with Gasteiger partial charge in [-0.05, 0) is 55.5 Å². The number of rotatable bonds is 12. The third-order valence-electron chi connectivity index (χ3n) is 7.02. The average Bonchev–Trinajstić information content (AvgIpc) is 2.90. The number of nitrogens with one attached hydrogen (secondary N) is 1. The third-order valence-corrected chi connectivity index (χ3v) is 8.95. The van der Waals surface area contributed by atoms with Crippen molar-refractivity contribution in [2.75, 3.05) is 17.1 Å². The largest absolute Gasteiger partial charge is 0.352 e. The molecule has 1 saturated carbocycles. The van der Waals surface area contributed by atoms with Crippen LogP contribution < -0.4 is 9.62 Å². The molecule has 12 heteroatoms. The Bertz CT molecular complexity index is 1310.